The Hall–Kier alpha value is -1.06. The second-order valence-electron chi connectivity index (χ2n) is 4.04. The SMILES string of the molecule is COCC(C)CNCc1cccc(OC)c1. The molecule has 0 aliphatic heterocycles. The van der Waals surface area contributed by atoms with Gasteiger partial charge in [0.25, 0.3) is 0 Å². The van der Waals surface area contributed by atoms with Crippen LogP contribution >= 0.6 is 0 Å². The first-order valence-electron chi connectivity index (χ1n) is 5.59. The Kier molecular flexibility index (Phi) is 5.90. The third-order valence-electron chi connectivity index (χ3n) is 2.41. The van der Waals surface area contributed by atoms with Crippen molar-refractivity contribution in [3.8, 4) is 5.75 Å². The highest BCUT2D eigenvalue weighted by Crippen LogP contribution is 2.12. The van der Waals surface area contributed by atoms with Gasteiger partial charge in [-0.1, -0.05) is 19.1 Å². The van der Waals surface area contributed by atoms with Crippen LogP contribution in [0.4, 0.5) is 0 Å². The Morgan fingerprint density at radius 2 is 2.12 bits per heavy atom. The third kappa shape index (κ3) is 4.64. The van der Waals surface area contributed by atoms with Crippen LogP contribution in [0.25, 0.3) is 0 Å². The molecule has 0 aromatic heterocycles. The van der Waals surface area contributed by atoms with Crippen LogP contribution in [0.3, 0.4) is 0 Å². The zero-order chi connectivity index (χ0) is 11.8. The van der Waals surface area contributed by atoms with E-state index in [0.29, 0.717) is 5.92 Å². The number of hydrogen-bond donors (Lipinski definition) is 1. The molecule has 0 aliphatic rings. The molecule has 0 saturated carbocycles. The van der Waals surface area contributed by atoms with Gasteiger partial charge >= 0.3 is 0 Å². The summed E-state index contributed by atoms with van der Waals surface area (Å²) in [5, 5.41) is 3.40. The molecule has 16 heavy (non-hydrogen) atoms. The van der Waals surface area contributed by atoms with Gasteiger partial charge in [-0.25, -0.2) is 0 Å². The lowest BCUT2D eigenvalue weighted by Crippen LogP contribution is -2.23. The summed E-state index contributed by atoms with van der Waals surface area (Å²) in [6, 6.07) is 8.11. The maximum absolute atomic E-state index is 5.17. The number of ether oxygens (including phenoxy) is 2. The van der Waals surface area contributed by atoms with Crippen molar-refractivity contribution >= 4 is 0 Å². The molecule has 1 rings (SSSR count). The molecule has 0 bridgehead atoms. The van der Waals surface area contributed by atoms with Crippen molar-refractivity contribution < 1.29 is 9.47 Å². The van der Waals surface area contributed by atoms with Crippen molar-refractivity contribution in [2.75, 3.05) is 27.4 Å². The van der Waals surface area contributed by atoms with E-state index in [2.05, 4.69) is 18.3 Å². The highest BCUT2D eigenvalue weighted by atomic mass is 16.5. The van der Waals surface area contributed by atoms with E-state index in [1.54, 1.807) is 14.2 Å². The second kappa shape index (κ2) is 7.25. The molecular weight excluding hydrogens is 202 g/mol. The predicted octanol–water partition coefficient (Wildman–Crippen LogP) is 2.07. The molecule has 0 aliphatic carbocycles. The maximum atomic E-state index is 5.17. The predicted molar refractivity (Wildman–Crippen MR) is 65.7 cm³/mol. The smallest absolute Gasteiger partial charge is 0.119 e. The average Bonchev–Trinajstić information content (AvgIpc) is 2.30. The van der Waals surface area contributed by atoms with Gasteiger partial charge < -0.3 is 14.8 Å². The molecule has 1 unspecified atom stereocenters. The molecule has 3 heteroatoms. The summed E-state index contributed by atoms with van der Waals surface area (Å²) in [5.41, 5.74) is 1.24. The molecule has 0 saturated heterocycles. The Morgan fingerprint density at radius 3 is 2.81 bits per heavy atom. The van der Waals surface area contributed by atoms with Crippen LogP contribution in [0.1, 0.15) is 12.5 Å². The van der Waals surface area contributed by atoms with Crippen LogP contribution in [0.15, 0.2) is 24.3 Å². The number of benzene rings is 1. The minimum absolute atomic E-state index is 0.538. The van der Waals surface area contributed by atoms with Gasteiger partial charge in [0.15, 0.2) is 0 Å². The van der Waals surface area contributed by atoms with E-state index in [1.165, 1.54) is 5.56 Å². The van der Waals surface area contributed by atoms with Crippen molar-refractivity contribution in [3.05, 3.63) is 29.8 Å². The largest absolute Gasteiger partial charge is 0.497 e. The van der Waals surface area contributed by atoms with Gasteiger partial charge in [0, 0.05) is 26.8 Å². The van der Waals surface area contributed by atoms with Crippen molar-refractivity contribution in [1.29, 1.82) is 0 Å². The molecule has 3 nitrogen and oxygen atoms in total. The van der Waals surface area contributed by atoms with E-state index in [4.69, 9.17) is 9.47 Å². The summed E-state index contributed by atoms with van der Waals surface area (Å²) >= 11 is 0. The van der Waals surface area contributed by atoms with Gasteiger partial charge in [-0.05, 0) is 23.6 Å². The summed E-state index contributed by atoms with van der Waals surface area (Å²) in [7, 11) is 3.42. The van der Waals surface area contributed by atoms with Crippen LogP contribution in [0.2, 0.25) is 0 Å². The minimum atomic E-state index is 0.538. The first-order valence-corrected chi connectivity index (χ1v) is 5.59. The fourth-order valence-corrected chi connectivity index (χ4v) is 1.59. The van der Waals surface area contributed by atoms with Crippen LogP contribution in [-0.4, -0.2) is 27.4 Å². The average molecular weight is 223 g/mol. The Labute approximate surface area is 97.8 Å². The van der Waals surface area contributed by atoms with Gasteiger partial charge in [0.05, 0.1) is 7.11 Å². The third-order valence-corrected chi connectivity index (χ3v) is 2.41. The fraction of sp³-hybridized carbons (Fsp3) is 0.538. The van der Waals surface area contributed by atoms with Gasteiger partial charge in [0.2, 0.25) is 0 Å². The van der Waals surface area contributed by atoms with E-state index >= 15 is 0 Å². The first-order chi connectivity index (χ1) is 7.76. The number of hydrogen-bond acceptors (Lipinski definition) is 3. The Balaban J connectivity index is 2.31. The first kappa shape index (κ1) is 13.0. The van der Waals surface area contributed by atoms with Gasteiger partial charge in [-0.3, -0.25) is 0 Å². The van der Waals surface area contributed by atoms with E-state index in [9.17, 15) is 0 Å². The zero-order valence-corrected chi connectivity index (χ0v) is 10.3. The van der Waals surface area contributed by atoms with E-state index < -0.39 is 0 Å². The Bertz CT molecular complexity index is 302. The number of rotatable bonds is 7. The van der Waals surface area contributed by atoms with Gasteiger partial charge in [-0.15, -0.1) is 0 Å². The number of nitrogens with one attached hydrogen (secondary N) is 1. The molecule has 90 valence electrons. The molecule has 1 atom stereocenters. The molecule has 0 amide bonds. The summed E-state index contributed by atoms with van der Waals surface area (Å²) in [6.45, 7) is 4.80. The van der Waals surface area contributed by atoms with Crippen molar-refractivity contribution in [1.82, 2.24) is 5.32 Å². The topological polar surface area (TPSA) is 30.5 Å². The van der Waals surface area contributed by atoms with Crippen molar-refractivity contribution in [3.63, 3.8) is 0 Å². The zero-order valence-electron chi connectivity index (χ0n) is 10.3. The molecule has 1 aromatic carbocycles. The highest BCUT2D eigenvalue weighted by Gasteiger charge is 2.01. The van der Waals surface area contributed by atoms with Crippen molar-refractivity contribution in [2.24, 2.45) is 5.92 Å². The van der Waals surface area contributed by atoms with Gasteiger partial charge in [-0.2, -0.15) is 0 Å². The molecular formula is C13H21NO2. The monoisotopic (exact) mass is 223 g/mol. The normalized spacial score (nSPS) is 12.4. The van der Waals surface area contributed by atoms with Crippen LogP contribution in [0, 0.1) is 5.92 Å². The van der Waals surface area contributed by atoms with E-state index in [-0.39, 0.29) is 0 Å². The maximum Gasteiger partial charge on any atom is 0.119 e. The van der Waals surface area contributed by atoms with Crippen molar-refractivity contribution in [2.45, 2.75) is 13.5 Å². The summed E-state index contributed by atoms with van der Waals surface area (Å²) < 4.78 is 10.3. The quantitative estimate of drug-likeness (QED) is 0.767. The standard InChI is InChI=1S/C13H21NO2/c1-11(10-15-2)8-14-9-12-5-4-6-13(7-12)16-3/h4-7,11,14H,8-10H2,1-3H3. The molecule has 0 spiro atoms. The molecule has 0 fully saturated rings. The lowest BCUT2D eigenvalue weighted by atomic mass is 10.2. The van der Waals surface area contributed by atoms with Crippen LogP contribution in [0.5, 0.6) is 5.75 Å². The summed E-state index contributed by atoms with van der Waals surface area (Å²) in [4.78, 5) is 0. The highest BCUT2D eigenvalue weighted by molar-refractivity contribution is 5.28. The van der Waals surface area contributed by atoms with Crippen LogP contribution < -0.4 is 10.1 Å². The molecule has 1 aromatic rings. The second-order valence-corrected chi connectivity index (χ2v) is 4.04. The molecule has 0 heterocycles. The molecule has 1 N–H and O–H groups in total. The minimum Gasteiger partial charge on any atom is -0.497 e. The summed E-state index contributed by atoms with van der Waals surface area (Å²) in [5.74, 6) is 1.44. The molecule has 0 radical (unpaired) electrons. The lowest BCUT2D eigenvalue weighted by Gasteiger charge is -2.11. The Morgan fingerprint density at radius 1 is 1.31 bits per heavy atom. The van der Waals surface area contributed by atoms with Gasteiger partial charge in [0.1, 0.15) is 5.75 Å². The fourth-order valence-electron chi connectivity index (χ4n) is 1.59. The lowest BCUT2D eigenvalue weighted by molar-refractivity contribution is 0.158. The summed E-state index contributed by atoms with van der Waals surface area (Å²) in [6.07, 6.45) is 0. The van der Waals surface area contributed by atoms with E-state index in [0.717, 1.165) is 25.4 Å². The van der Waals surface area contributed by atoms with Crippen LogP contribution in [-0.2, 0) is 11.3 Å². The van der Waals surface area contributed by atoms with E-state index in [1.807, 2.05) is 18.2 Å². The number of methoxy groups -OCH3 is 2.